The maximum Gasteiger partial charge on any atom is 0.191 e. The van der Waals surface area contributed by atoms with E-state index < -0.39 is 0 Å². The Bertz CT molecular complexity index is 629. The SMILES string of the molecule is CN=C(NCCCc1cnn(C)c1)NCC(C)Sc1ccccc1.I. The molecule has 0 saturated heterocycles. The fourth-order valence-electron chi connectivity index (χ4n) is 2.33. The van der Waals surface area contributed by atoms with Gasteiger partial charge in [0.15, 0.2) is 5.96 Å². The topological polar surface area (TPSA) is 54.2 Å². The molecule has 1 aromatic heterocycles. The third kappa shape index (κ3) is 8.62. The zero-order chi connectivity index (χ0) is 17.2. The Kier molecular flexibility index (Phi) is 10.6. The molecule has 0 aliphatic rings. The third-order valence-corrected chi connectivity index (χ3v) is 4.67. The smallest absolute Gasteiger partial charge is 0.191 e. The van der Waals surface area contributed by atoms with Crippen molar-refractivity contribution >= 4 is 41.7 Å². The number of rotatable bonds is 8. The molecule has 0 bridgehead atoms. The predicted octanol–water partition coefficient (Wildman–Crippen LogP) is 3.32. The first kappa shape index (κ1) is 21.8. The Morgan fingerprint density at radius 1 is 1.28 bits per heavy atom. The van der Waals surface area contributed by atoms with Crippen LogP contribution in [0.5, 0.6) is 0 Å². The second kappa shape index (κ2) is 12.2. The Morgan fingerprint density at radius 2 is 2.04 bits per heavy atom. The molecule has 2 N–H and O–H groups in total. The Balaban J connectivity index is 0.00000312. The number of guanidine groups is 1. The van der Waals surface area contributed by atoms with E-state index in [-0.39, 0.29) is 24.0 Å². The normalized spacial score (nSPS) is 12.4. The highest BCUT2D eigenvalue weighted by molar-refractivity contribution is 14.0. The molecule has 0 saturated carbocycles. The first-order valence-corrected chi connectivity index (χ1v) is 9.19. The summed E-state index contributed by atoms with van der Waals surface area (Å²) in [6.45, 7) is 4.00. The van der Waals surface area contributed by atoms with Crippen molar-refractivity contribution in [3.05, 3.63) is 48.3 Å². The predicted molar refractivity (Wildman–Crippen MR) is 118 cm³/mol. The van der Waals surface area contributed by atoms with Crippen LogP contribution in [0.2, 0.25) is 0 Å². The quantitative estimate of drug-likeness (QED) is 0.203. The van der Waals surface area contributed by atoms with Gasteiger partial charge in [0.05, 0.1) is 6.20 Å². The van der Waals surface area contributed by atoms with Crippen molar-refractivity contribution in [2.24, 2.45) is 12.0 Å². The summed E-state index contributed by atoms with van der Waals surface area (Å²) >= 11 is 1.87. The molecule has 0 amide bonds. The summed E-state index contributed by atoms with van der Waals surface area (Å²) in [6, 6.07) is 10.5. The van der Waals surface area contributed by atoms with E-state index in [2.05, 4.69) is 58.1 Å². The Morgan fingerprint density at radius 3 is 2.68 bits per heavy atom. The monoisotopic (exact) mass is 473 g/mol. The average molecular weight is 473 g/mol. The summed E-state index contributed by atoms with van der Waals surface area (Å²) in [7, 11) is 3.76. The van der Waals surface area contributed by atoms with Gasteiger partial charge >= 0.3 is 0 Å². The van der Waals surface area contributed by atoms with Crippen LogP contribution >= 0.6 is 35.7 Å². The minimum Gasteiger partial charge on any atom is -0.356 e. The lowest BCUT2D eigenvalue weighted by Gasteiger charge is -2.15. The molecule has 1 unspecified atom stereocenters. The Labute approximate surface area is 172 Å². The molecule has 138 valence electrons. The van der Waals surface area contributed by atoms with E-state index >= 15 is 0 Å². The molecule has 1 heterocycles. The van der Waals surface area contributed by atoms with Crippen molar-refractivity contribution in [3.63, 3.8) is 0 Å². The lowest BCUT2D eigenvalue weighted by atomic mass is 10.2. The molecule has 0 aliphatic heterocycles. The van der Waals surface area contributed by atoms with Gasteiger partial charge in [-0.15, -0.1) is 35.7 Å². The Hall–Kier alpha value is -1.22. The summed E-state index contributed by atoms with van der Waals surface area (Å²) in [5, 5.41) is 11.4. The van der Waals surface area contributed by atoms with Gasteiger partial charge in [-0.1, -0.05) is 25.1 Å². The molecular weight excluding hydrogens is 445 g/mol. The van der Waals surface area contributed by atoms with Gasteiger partial charge in [-0.25, -0.2) is 0 Å². The first-order valence-electron chi connectivity index (χ1n) is 8.31. The molecule has 25 heavy (non-hydrogen) atoms. The molecule has 1 aromatic carbocycles. The third-order valence-electron chi connectivity index (χ3n) is 3.55. The van der Waals surface area contributed by atoms with E-state index in [4.69, 9.17) is 0 Å². The van der Waals surface area contributed by atoms with E-state index in [1.165, 1.54) is 10.5 Å². The number of nitrogens with one attached hydrogen (secondary N) is 2. The molecule has 0 spiro atoms. The van der Waals surface area contributed by atoms with Crippen molar-refractivity contribution in [1.29, 1.82) is 0 Å². The van der Waals surface area contributed by atoms with Gasteiger partial charge in [0, 0.05) is 43.5 Å². The second-order valence-corrected chi connectivity index (χ2v) is 7.26. The van der Waals surface area contributed by atoms with Crippen molar-refractivity contribution in [2.45, 2.75) is 29.9 Å². The van der Waals surface area contributed by atoms with E-state index in [1.807, 2.05) is 42.8 Å². The van der Waals surface area contributed by atoms with Crippen molar-refractivity contribution in [3.8, 4) is 0 Å². The summed E-state index contributed by atoms with van der Waals surface area (Å²) in [5.41, 5.74) is 1.27. The van der Waals surface area contributed by atoms with Crippen molar-refractivity contribution in [2.75, 3.05) is 20.1 Å². The standard InChI is InChI=1S/C18H27N5S.HI/c1-15(24-17-9-5-4-6-10-17)12-21-18(19-2)20-11-7-8-16-13-22-23(3)14-16;/h4-6,9-10,13-15H,7-8,11-12H2,1-3H3,(H2,19,20,21);1H. The van der Waals surface area contributed by atoms with Crippen LogP contribution in [0.4, 0.5) is 0 Å². The number of benzene rings is 1. The largest absolute Gasteiger partial charge is 0.356 e. The van der Waals surface area contributed by atoms with Gasteiger partial charge in [0.1, 0.15) is 0 Å². The van der Waals surface area contributed by atoms with Crippen LogP contribution in [0.15, 0.2) is 52.6 Å². The number of aliphatic imine (C=N–C) groups is 1. The highest BCUT2D eigenvalue weighted by Gasteiger charge is 2.05. The van der Waals surface area contributed by atoms with E-state index in [9.17, 15) is 0 Å². The molecular formula is C18H28IN5S. The number of aromatic nitrogens is 2. The van der Waals surface area contributed by atoms with Gasteiger partial charge < -0.3 is 10.6 Å². The molecule has 1 atom stereocenters. The number of halogens is 1. The summed E-state index contributed by atoms with van der Waals surface area (Å²) in [6.07, 6.45) is 6.07. The highest BCUT2D eigenvalue weighted by Crippen LogP contribution is 2.21. The molecule has 2 aromatic rings. The van der Waals surface area contributed by atoms with Crippen molar-refractivity contribution in [1.82, 2.24) is 20.4 Å². The lowest BCUT2D eigenvalue weighted by Crippen LogP contribution is -2.40. The molecule has 0 radical (unpaired) electrons. The molecule has 0 aliphatic carbocycles. The molecule has 0 fully saturated rings. The number of thioether (sulfide) groups is 1. The van der Waals surface area contributed by atoms with E-state index in [0.29, 0.717) is 5.25 Å². The number of aryl methyl sites for hydroxylation is 2. The van der Waals surface area contributed by atoms with Crippen LogP contribution in [0.25, 0.3) is 0 Å². The fourth-order valence-corrected chi connectivity index (χ4v) is 3.28. The minimum absolute atomic E-state index is 0. The van der Waals surface area contributed by atoms with Crippen LogP contribution in [0.1, 0.15) is 18.9 Å². The van der Waals surface area contributed by atoms with Gasteiger partial charge in [-0.2, -0.15) is 5.10 Å². The van der Waals surface area contributed by atoms with Gasteiger partial charge in [0.2, 0.25) is 0 Å². The van der Waals surface area contributed by atoms with Crippen LogP contribution in [0, 0.1) is 0 Å². The van der Waals surface area contributed by atoms with Crippen LogP contribution < -0.4 is 10.6 Å². The van der Waals surface area contributed by atoms with Crippen LogP contribution in [-0.2, 0) is 13.5 Å². The minimum atomic E-state index is 0. The average Bonchev–Trinajstić information content (AvgIpc) is 3.00. The summed E-state index contributed by atoms with van der Waals surface area (Å²) in [5.74, 6) is 0.863. The fraction of sp³-hybridized carbons (Fsp3) is 0.444. The van der Waals surface area contributed by atoms with Gasteiger partial charge in [-0.05, 0) is 30.5 Å². The maximum atomic E-state index is 4.28. The van der Waals surface area contributed by atoms with E-state index in [0.717, 1.165) is 31.9 Å². The first-order chi connectivity index (χ1) is 11.7. The van der Waals surface area contributed by atoms with Gasteiger partial charge in [-0.3, -0.25) is 9.67 Å². The summed E-state index contributed by atoms with van der Waals surface area (Å²) < 4.78 is 1.84. The molecule has 2 rings (SSSR count). The van der Waals surface area contributed by atoms with Crippen molar-refractivity contribution < 1.29 is 0 Å². The van der Waals surface area contributed by atoms with E-state index in [1.54, 1.807) is 0 Å². The number of nitrogens with zero attached hydrogens (tertiary/aromatic N) is 3. The van der Waals surface area contributed by atoms with Crippen LogP contribution in [0.3, 0.4) is 0 Å². The zero-order valence-electron chi connectivity index (χ0n) is 15.1. The molecule has 7 heteroatoms. The number of hydrogen-bond donors (Lipinski definition) is 2. The second-order valence-electron chi connectivity index (χ2n) is 5.75. The highest BCUT2D eigenvalue weighted by atomic mass is 127. The zero-order valence-corrected chi connectivity index (χ0v) is 18.3. The van der Waals surface area contributed by atoms with Gasteiger partial charge in [0.25, 0.3) is 0 Å². The maximum absolute atomic E-state index is 4.28. The summed E-state index contributed by atoms with van der Waals surface area (Å²) in [4.78, 5) is 5.58. The molecule has 5 nitrogen and oxygen atoms in total. The number of hydrogen-bond acceptors (Lipinski definition) is 3. The lowest BCUT2D eigenvalue weighted by molar-refractivity contribution is 0.735. The van der Waals surface area contributed by atoms with Crippen LogP contribution in [-0.4, -0.2) is 41.1 Å².